The highest BCUT2D eigenvalue weighted by Crippen LogP contribution is 2.30. The van der Waals surface area contributed by atoms with Gasteiger partial charge in [0.1, 0.15) is 6.10 Å². The molecule has 1 rings (SSSR count). The molecule has 1 aliphatic carbocycles. The molecule has 0 aromatic carbocycles. The molecule has 0 saturated heterocycles. The number of aliphatic carboxylic acids is 1. The van der Waals surface area contributed by atoms with E-state index in [-0.39, 0.29) is 23.9 Å². The average Bonchev–Trinajstić information content (AvgIpc) is 2.77. The molecule has 0 spiro atoms. The van der Waals surface area contributed by atoms with E-state index >= 15 is 0 Å². The number of rotatable bonds is 19. The van der Waals surface area contributed by atoms with Crippen molar-refractivity contribution in [2.24, 2.45) is 23.7 Å². The van der Waals surface area contributed by atoms with Crippen LogP contribution < -0.4 is 0 Å². The number of carboxylic acid groups (broad SMARTS) is 1. The standard InChI is InChI=1S/C29H54O4/c1-23(2)15-11-8-6-5-7-9-13-17-27(18-14-10-12-16-24(3)4)33-29(32)26-21-19-25(20-22-26)28(30)31/h23-27H,5-22H2,1-4H3,(H,30,31). The summed E-state index contributed by atoms with van der Waals surface area (Å²) < 4.78 is 6.01. The van der Waals surface area contributed by atoms with E-state index in [2.05, 4.69) is 27.7 Å². The second kappa shape index (κ2) is 18.3. The second-order valence-electron chi connectivity index (χ2n) is 11.4. The highest BCUT2D eigenvalue weighted by Gasteiger charge is 2.31. The van der Waals surface area contributed by atoms with E-state index in [9.17, 15) is 14.7 Å². The number of ether oxygens (including phenoxy) is 1. The van der Waals surface area contributed by atoms with Crippen molar-refractivity contribution in [2.75, 3.05) is 0 Å². The number of esters is 1. The van der Waals surface area contributed by atoms with E-state index in [4.69, 9.17) is 4.74 Å². The first-order valence-electron chi connectivity index (χ1n) is 14.2. The molecule has 0 aromatic rings. The first-order valence-corrected chi connectivity index (χ1v) is 14.2. The Bertz CT molecular complexity index is 506. The van der Waals surface area contributed by atoms with E-state index < -0.39 is 5.97 Å². The number of carbonyl (C=O) groups is 2. The second-order valence-corrected chi connectivity index (χ2v) is 11.4. The number of carbonyl (C=O) groups excluding carboxylic acids is 1. The maximum absolute atomic E-state index is 12.8. The Hall–Kier alpha value is -1.06. The maximum Gasteiger partial charge on any atom is 0.309 e. The van der Waals surface area contributed by atoms with Crippen LogP contribution in [0.2, 0.25) is 0 Å². The molecule has 4 heteroatoms. The first-order chi connectivity index (χ1) is 15.8. The van der Waals surface area contributed by atoms with E-state index in [0.29, 0.717) is 25.7 Å². The van der Waals surface area contributed by atoms with Crippen LogP contribution >= 0.6 is 0 Å². The van der Waals surface area contributed by atoms with Gasteiger partial charge in [-0.05, 0) is 63.2 Å². The molecule has 0 bridgehead atoms. The Morgan fingerprint density at radius 3 is 1.42 bits per heavy atom. The van der Waals surface area contributed by atoms with Crippen molar-refractivity contribution in [3.63, 3.8) is 0 Å². The van der Waals surface area contributed by atoms with Crippen molar-refractivity contribution in [3.8, 4) is 0 Å². The number of carboxylic acids is 1. The van der Waals surface area contributed by atoms with Crippen LogP contribution in [0.1, 0.15) is 143 Å². The van der Waals surface area contributed by atoms with Crippen LogP contribution in [0.4, 0.5) is 0 Å². The molecule has 1 unspecified atom stereocenters. The number of unbranched alkanes of at least 4 members (excludes halogenated alkanes) is 8. The highest BCUT2D eigenvalue weighted by molar-refractivity contribution is 5.74. The minimum absolute atomic E-state index is 0.0415. The van der Waals surface area contributed by atoms with Crippen LogP contribution in [0.25, 0.3) is 0 Å². The molecule has 1 fully saturated rings. The molecule has 0 aromatic heterocycles. The van der Waals surface area contributed by atoms with Crippen molar-refractivity contribution in [1.82, 2.24) is 0 Å². The number of hydrogen-bond acceptors (Lipinski definition) is 3. The molecule has 0 heterocycles. The maximum atomic E-state index is 12.8. The molecular weight excluding hydrogens is 412 g/mol. The number of hydrogen-bond donors (Lipinski definition) is 1. The average molecular weight is 467 g/mol. The van der Waals surface area contributed by atoms with Gasteiger partial charge in [0.05, 0.1) is 11.8 Å². The van der Waals surface area contributed by atoms with Crippen LogP contribution in [0, 0.1) is 23.7 Å². The van der Waals surface area contributed by atoms with Gasteiger partial charge in [0, 0.05) is 0 Å². The molecule has 1 saturated carbocycles. The zero-order valence-electron chi connectivity index (χ0n) is 22.3. The van der Waals surface area contributed by atoms with Gasteiger partial charge in [-0.15, -0.1) is 0 Å². The molecule has 1 aliphatic rings. The van der Waals surface area contributed by atoms with E-state index in [1.54, 1.807) is 0 Å². The quantitative estimate of drug-likeness (QED) is 0.153. The molecule has 0 amide bonds. The fourth-order valence-electron chi connectivity index (χ4n) is 5.01. The van der Waals surface area contributed by atoms with E-state index in [0.717, 1.165) is 37.5 Å². The normalized spacial score (nSPS) is 19.7. The molecule has 194 valence electrons. The zero-order valence-corrected chi connectivity index (χ0v) is 22.3. The third kappa shape index (κ3) is 15.5. The lowest BCUT2D eigenvalue weighted by molar-refractivity contribution is -0.158. The minimum Gasteiger partial charge on any atom is -0.481 e. The van der Waals surface area contributed by atoms with Crippen molar-refractivity contribution < 1.29 is 19.4 Å². The van der Waals surface area contributed by atoms with Gasteiger partial charge in [-0.1, -0.05) is 91.9 Å². The summed E-state index contributed by atoms with van der Waals surface area (Å²) in [5, 5.41) is 9.19. The van der Waals surface area contributed by atoms with Gasteiger partial charge < -0.3 is 9.84 Å². The molecule has 1 N–H and O–H groups in total. The van der Waals surface area contributed by atoms with Gasteiger partial charge in [-0.25, -0.2) is 0 Å². The van der Waals surface area contributed by atoms with Gasteiger partial charge in [0.15, 0.2) is 0 Å². The Morgan fingerprint density at radius 1 is 0.636 bits per heavy atom. The summed E-state index contributed by atoms with van der Waals surface area (Å²) in [5.74, 6) is 0.399. The third-order valence-corrected chi connectivity index (χ3v) is 7.31. The summed E-state index contributed by atoms with van der Waals surface area (Å²) in [6.45, 7) is 9.14. The first kappa shape index (κ1) is 30.0. The van der Waals surface area contributed by atoms with Crippen molar-refractivity contribution in [1.29, 1.82) is 0 Å². The lowest BCUT2D eigenvalue weighted by Crippen LogP contribution is -2.29. The largest absolute Gasteiger partial charge is 0.481 e. The van der Waals surface area contributed by atoms with Gasteiger partial charge in [0.2, 0.25) is 0 Å². The summed E-state index contributed by atoms with van der Waals surface area (Å²) in [6, 6.07) is 0. The molecule has 4 nitrogen and oxygen atoms in total. The van der Waals surface area contributed by atoms with E-state index in [1.807, 2.05) is 0 Å². The van der Waals surface area contributed by atoms with Gasteiger partial charge in [-0.3, -0.25) is 9.59 Å². The van der Waals surface area contributed by atoms with Crippen LogP contribution in [-0.2, 0) is 14.3 Å². The minimum atomic E-state index is -0.721. The molecule has 1 atom stereocenters. The van der Waals surface area contributed by atoms with E-state index in [1.165, 1.54) is 64.2 Å². The predicted octanol–water partition coefficient (Wildman–Crippen LogP) is 8.56. The highest BCUT2D eigenvalue weighted by atomic mass is 16.5. The summed E-state index contributed by atoms with van der Waals surface area (Å²) in [6.07, 6.45) is 19.8. The van der Waals surface area contributed by atoms with Crippen LogP contribution in [0.3, 0.4) is 0 Å². The summed E-state index contributed by atoms with van der Waals surface area (Å²) >= 11 is 0. The molecular formula is C29H54O4. The smallest absolute Gasteiger partial charge is 0.309 e. The van der Waals surface area contributed by atoms with Crippen molar-refractivity contribution in [3.05, 3.63) is 0 Å². The Morgan fingerprint density at radius 2 is 1.00 bits per heavy atom. The topological polar surface area (TPSA) is 63.6 Å². The molecule has 0 aliphatic heterocycles. The lowest BCUT2D eigenvalue weighted by atomic mass is 9.82. The van der Waals surface area contributed by atoms with Crippen molar-refractivity contribution >= 4 is 11.9 Å². The summed E-state index contributed by atoms with van der Waals surface area (Å²) in [7, 11) is 0. The van der Waals surface area contributed by atoms with Crippen LogP contribution in [0.5, 0.6) is 0 Å². The van der Waals surface area contributed by atoms with Crippen LogP contribution in [0.15, 0.2) is 0 Å². The van der Waals surface area contributed by atoms with Crippen molar-refractivity contribution in [2.45, 2.75) is 149 Å². The Balaban J connectivity index is 2.32. The summed E-state index contributed by atoms with van der Waals surface area (Å²) in [4.78, 5) is 24.0. The monoisotopic (exact) mass is 466 g/mol. The van der Waals surface area contributed by atoms with Gasteiger partial charge >= 0.3 is 11.9 Å². The fourth-order valence-corrected chi connectivity index (χ4v) is 5.01. The SMILES string of the molecule is CC(C)CCCCCCCCCC(CCCCCC(C)C)OC(=O)C1CCC(C(=O)O)CC1. The molecule has 0 radical (unpaired) electrons. The zero-order chi connectivity index (χ0) is 24.5. The lowest BCUT2D eigenvalue weighted by Gasteiger charge is -2.27. The summed E-state index contributed by atoms with van der Waals surface area (Å²) in [5.41, 5.74) is 0. The predicted molar refractivity (Wildman–Crippen MR) is 137 cm³/mol. The van der Waals surface area contributed by atoms with Crippen LogP contribution in [-0.4, -0.2) is 23.1 Å². The third-order valence-electron chi connectivity index (χ3n) is 7.31. The fraction of sp³-hybridized carbons (Fsp3) is 0.931. The Kier molecular flexibility index (Phi) is 16.6. The van der Waals surface area contributed by atoms with Gasteiger partial charge in [-0.2, -0.15) is 0 Å². The van der Waals surface area contributed by atoms with Gasteiger partial charge in [0.25, 0.3) is 0 Å². The Labute approximate surface area is 204 Å². The molecule has 33 heavy (non-hydrogen) atoms.